The van der Waals surface area contributed by atoms with Gasteiger partial charge in [-0.25, -0.2) is 4.68 Å². The summed E-state index contributed by atoms with van der Waals surface area (Å²) in [6.45, 7) is 0.501. The van der Waals surface area contributed by atoms with Crippen molar-refractivity contribution in [3.05, 3.63) is 72.3 Å². The Kier molecular flexibility index (Phi) is 4.68. The Bertz CT molecular complexity index is 730. The number of rotatable bonds is 6. The van der Waals surface area contributed by atoms with Gasteiger partial charge in [0.15, 0.2) is 6.04 Å². The van der Waals surface area contributed by atoms with Crippen molar-refractivity contribution in [3.8, 4) is 0 Å². The first-order chi connectivity index (χ1) is 11.3. The molecule has 0 spiro atoms. The standard InChI is InChI=1S/C16H16N6O/c23-16(18-11-9-14-8-4-5-10-17-14)15(22-12-19-20-21-22)13-6-2-1-3-7-13/h1-8,10,12,15H,9,11H2,(H,18,23)/t15-/m0/s1. The van der Waals surface area contributed by atoms with Gasteiger partial charge in [-0.3, -0.25) is 9.78 Å². The third-order valence-corrected chi connectivity index (χ3v) is 3.40. The smallest absolute Gasteiger partial charge is 0.249 e. The first-order valence-corrected chi connectivity index (χ1v) is 7.29. The van der Waals surface area contributed by atoms with E-state index in [1.54, 1.807) is 6.20 Å². The number of nitrogens with zero attached hydrogens (tertiary/aromatic N) is 5. The van der Waals surface area contributed by atoms with Gasteiger partial charge in [-0.05, 0) is 28.1 Å². The van der Waals surface area contributed by atoms with Crippen LogP contribution in [0.3, 0.4) is 0 Å². The molecule has 2 aromatic heterocycles. The predicted molar refractivity (Wildman–Crippen MR) is 83.3 cm³/mol. The maximum absolute atomic E-state index is 12.6. The molecule has 3 rings (SSSR count). The monoisotopic (exact) mass is 308 g/mol. The van der Waals surface area contributed by atoms with Gasteiger partial charge in [0.2, 0.25) is 5.91 Å². The van der Waals surface area contributed by atoms with E-state index in [1.807, 2.05) is 48.5 Å². The van der Waals surface area contributed by atoms with E-state index >= 15 is 0 Å². The molecule has 0 unspecified atom stereocenters. The maximum Gasteiger partial charge on any atom is 0.249 e. The predicted octanol–water partition coefficient (Wildman–Crippen LogP) is 1.02. The minimum Gasteiger partial charge on any atom is -0.354 e. The van der Waals surface area contributed by atoms with E-state index < -0.39 is 6.04 Å². The molecule has 0 fully saturated rings. The van der Waals surface area contributed by atoms with Crippen molar-refractivity contribution in [2.24, 2.45) is 0 Å². The van der Waals surface area contributed by atoms with Gasteiger partial charge in [-0.1, -0.05) is 36.4 Å². The Morgan fingerprint density at radius 3 is 2.65 bits per heavy atom. The second-order valence-electron chi connectivity index (χ2n) is 4.97. The lowest BCUT2D eigenvalue weighted by Gasteiger charge is -2.16. The van der Waals surface area contributed by atoms with Gasteiger partial charge in [-0.2, -0.15) is 0 Å². The number of carbonyl (C=O) groups excluding carboxylic acids is 1. The van der Waals surface area contributed by atoms with Crippen molar-refractivity contribution in [1.82, 2.24) is 30.5 Å². The van der Waals surface area contributed by atoms with Crippen LogP contribution in [0.25, 0.3) is 0 Å². The second-order valence-corrected chi connectivity index (χ2v) is 4.97. The maximum atomic E-state index is 12.6. The van der Waals surface area contributed by atoms with Gasteiger partial charge in [0, 0.05) is 24.9 Å². The quantitative estimate of drug-likeness (QED) is 0.734. The van der Waals surface area contributed by atoms with Crippen LogP contribution in [0.2, 0.25) is 0 Å². The molecule has 23 heavy (non-hydrogen) atoms. The Labute approximate surface area is 133 Å². The van der Waals surface area contributed by atoms with Crippen molar-refractivity contribution < 1.29 is 4.79 Å². The fourth-order valence-electron chi connectivity index (χ4n) is 2.30. The van der Waals surface area contributed by atoms with E-state index in [0.29, 0.717) is 13.0 Å². The number of hydrogen-bond acceptors (Lipinski definition) is 5. The lowest BCUT2D eigenvalue weighted by molar-refractivity contribution is -0.123. The molecule has 7 heteroatoms. The van der Waals surface area contributed by atoms with Crippen LogP contribution in [0, 0.1) is 0 Å². The summed E-state index contributed by atoms with van der Waals surface area (Å²) in [5.41, 5.74) is 1.77. The molecular formula is C16H16N6O. The Balaban J connectivity index is 1.69. The molecule has 0 saturated carbocycles. The van der Waals surface area contributed by atoms with E-state index in [0.717, 1.165) is 11.3 Å². The second kappa shape index (κ2) is 7.26. The molecule has 0 aliphatic heterocycles. The average molecular weight is 308 g/mol. The highest BCUT2D eigenvalue weighted by atomic mass is 16.2. The summed E-state index contributed by atoms with van der Waals surface area (Å²) < 4.78 is 1.45. The molecule has 116 valence electrons. The summed E-state index contributed by atoms with van der Waals surface area (Å²) in [7, 11) is 0. The summed E-state index contributed by atoms with van der Waals surface area (Å²) in [5, 5.41) is 14.0. The van der Waals surface area contributed by atoms with Gasteiger partial charge in [0.25, 0.3) is 0 Å². The number of tetrazole rings is 1. The molecule has 2 heterocycles. The molecule has 1 N–H and O–H groups in total. The zero-order valence-corrected chi connectivity index (χ0v) is 12.4. The zero-order valence-electron chi connectivity index (χ0n) is 12.4. The topological polar surface area (TPSA) is 85.6 Å². The summed E-state index contributed by atoms with van der Waals surface area (Å²) in [6, 6.07) is 14.6. The van der Waals surface area contributed by atoms with E-state index in [2.05, 4.69) is 25.8 Å². The van der Waals surface area contributed by atoms with E-state index in [4.69, 9.17) is 0 Å². The number of amides is 1. The summed E-state index contributed by atoms with van der Waals surface area (Å²) in [5.74, 6) is -0.153. The summed E-state index contributed by atoms with van der Waals surface area (Å²) >= 11 is 0. The van der Waals surface area contributed by atoms with Crippen LogP contribution in [0.1, 0.15) is 17.3 Å². The number of nitrogens with one attached hydrogen (secondary N) is 1. The molecule has 0 aliphatic carbocycles. The van der Waals surface area contributed by atoms with Crippen LogP contribution in [0.5, 0.6) is 0 Å². The van der Waals surface area contributed by atoms with Gasteiger partial charge < -0.3 is 5.32 Å². The molecule has 1 aromatic carbocycles. The molecule has 3 aromatic rings. The lowest BCUT2D eigenvalue weighted by Crippen LogP contribution is -2.35. The van der Waals surface area contributed by atoms with Gasteiger partial charge in [-0.15, -0.1) is 5.10 Å². The first-order valence-electron chi connectivity index (χ1n) is 7.29. The van der Waals surface area contributed by atoms with Gasteiger partial charge in [0.05, 0.1) is 0 Å². The summed E-state index contributed by atoms with van der Waals surface area (Å²) in [6.07, 6.45) is 3.85. The lowest BCUT2D eigenvalue weighted by atomic mass is 10.1. The highest BCUT2D eigenvalue weighted by Crippen LogP contribution is 2.16. The first kappa shape index (κ1) is 14.8. The molecule has 1 amide bonds. The SMILES string of the molecule is O=C(NCCc1ccccn1)[C@H](c1ccccc1)n1cnnn1. The number of hydrogen-bond donors (Lipinski definition) is 1. The zero-order chi connectivity index (χ0) is 15.9. The summed E-state index contributed by atoms with van der Waals surface area (Å²) in [4.78, 5) is 16.8. The highest BCUT2D eigenvalue weighted by Gasteiger charge is 2.23. The molecule has 0 aliphatic rings. The number of pyridine rings is 1. The Morgan fingerprint density at radius 2 is 1.96 bits per heavy atom. The van der Waals surface area contributed by atoms with Crippen molar-refractivity contribution in [2.45, 2.75) is 12.5 Å². The number of benzene rings is 1. The van der Waals surface area contributed by atoms with Crippen LogP contribution in [0.15, 0.2) is 61.1 Å². The highest BCUT2D eigenvalue weighted by molar-refractivity contribution is 5.83. The molecule has 0 saturated heterocycles. The van der Waals surface area contributed by atoms with Crippen molar-refractivity contribution in [2.75, 3.05) is 6.54 Å². The fourth-order valence-corrected chi connectivity index (χ4v) is 2.30. The molecular weight excluding hydrogens is 292 g/mol. The third kappa shape index (κ3) is 3.76. The average Bonchev–Trinajstić information content (AvgIpc) is 3.11. The largest absolute Gasteiger partial charge is 0.354 e. The normalized spacial score (nSPS) is 11.8. The van der Waals surface area contributed by atoms with Gasteiger partial charge in [0.1, 0.15) is 6.33 Å². The van der Waals surface area contributed by atoms with Crippen LogP contribution in [-0.4, -0.2) is 37.6 Å². The van der Waals surface area contributed by atoms with Crippen molar-refractivity contribution in [3.63, 3.8) is 0 Å². The third-order valence-electron chi connectivity index (χ3n) is 3.40. The number of carbonyl (C=O) groups is 1. The van der Waals surface area contributed by atoms with Crippen LogP contribution >= 0.6 is 0 Å². The minimum absolute atomic E-state index is 0.153. The Hall–Kier alpha value is -3.09. The number of aromatic nitrogens is 5. The van der Waals surface area contributed by atoms with Crippen LogP contribution < -0.4 is 5.32 Å². The van der Waals surface area contributed by atoms with E-state index in [-0.39, 0.29) is 5.91 Å². The molecule has 0 radical (unpaired) electrons. The van der Waals surface area contributed by atoms with E-state index in [9.17, 15) is 4.79 Å². The molecule has 1 atom stereocenters. The van der Waals surface area contributed by atoms with Crippen LogP contribution in [0.4, 0.5) is 0 Å². The van der Waals surface area contributed by atoms with Gasteiger partial charge >= 0.3 is 0 Å². The van der Waals surface area contributed by atoms with Crippen molar-refractivity contribution >= 4 is 5.91 Å². The van der Waals surface area contributed by atoms with E-state index in [1.165, 1.54) is 11.0 Å². The molecule has 7 nitrogen and oxygen atoms in total. The fraction of sp³-hybridized carbons (Fsp3) is 0.188. The minimum atomic E-state index is -0.588. The molecule has 0 bridgehead atoms. The van der Waals surface area contributed by atoms with Crippen LogP contribution in [-0.2, 0) is 11.2 Å². The van der Waals surface area contributed by atoms with Crippen molar-refractivity contribution in [1.29, 1.82) is 0 Å². The Morgan fingerprint density at radius 1 is 1.13 bits per heavy atom.